The Morgan fingerprint density at radius 2 is 0.872 bits per heavy atom. The molecule has 0 heterocycles. The summed E-state index contributed by atoms with van der Waals surface area (Å²) in [5.74, 6) is 0. The maximum Gasteiger partial charge on any atom is 0.0295 e. The summed E-state index contributed by atoms with van der Waals surface area (Å²) in [6.45, 7) is 30.4. The summed E-state index contributed by atoms with van der Waals surface area (Å²) >= 11 is 0. The van der Waals surface area contributed by atoms with Crippen LogP contribution < -0.4 is 21.2 Å². The molecule has 0 aromatic heterocycles. The van der Waals surface area contributed by atoms with Crippen molar-refractivity contribution in [3.8, 4) is 0 Å². The summed E-state index contributed by atoms with van der Waals surface area (Å²) in [5.41, 5.74) is 7.33. The van der Waals surface area contributed by atoms with Crippen LogP contribution in [0.4, 0.5) is 0 Å². The minimum Gasteiger partial charge on any atom is -0.313 e. The van der Waals surface area contributed by atoms with Gasteiger partial charge in [0.2, 0.25) is 0 Å². The lowest BCUT2D eigenvalue weighted by molar-refractivity contribution is 0.569. The molecular weight excluding hydrogens is 489 g/mol. The first-order valence-corrected chi connectivity index (χ1v) is 16.0. The van der Waals surface area contributed by atoms with Gasteiger partial charge in [0.15, 0.2) is 0 Å². The van der Waals surface area contributed by atoms with Crippen LogP contribution in [-0.2, 0) is 21.7 Å². The van der Waals surface area contributed by atoms with Crippen molar-refractivity contribution in [3.63, 3.8) is 0 Å². The van der Waals surface area contributed by atoms with Crippen LogP contribution in [0.15, 0.2) is 60.7 Å². The lowest BCUT2D eigenvalue weighted by Gasteiger charge is -2.32. The van der Waals surface area contributed by atoms with Crippen molar-refractivity contribution >= 4 is 23.8 Å². The molecule has 1 atom stereocenters. The molecule has 39 heavy (non-hydrogen) atoms. The lowest BCUT2D eigenvalue weighted by atomic mass is 9.81. The van der Waals surface area contributed by atoms with E-state index >= 15 is 0 Å². The van der Waals surface area contributed by atoms with E-state index in [1.807, 2.05) is 0 Å². The SMILES string of the molecule is CN[C@@H](C)c1ccccc1P(c1cc(C(C)(C)C)cc(C(C)(C)C)c1)c1cc(C(C)(C)C)cc(C(C)(C)C)c1. The van der Waals surface area contributed by atoms with Gasteiger partial charge in [-0.15, -0.1) is 0 Å². The molecule has 0 fully saturated rings. The normalized spacial score (nSPS) is 14.1. The Morgan fingerprint density at radius 3 is 1.18 bits per heavy atom. The van der Waals surface area contributed by atoms with Crippen molar-refractivity contribution in [2.45, 2.75) is 118 Å². The van der Waals surface area contributed by atoms with Crippen LogP contribution in [0, 0.1) is 0 Å². The van der Waals surface area contributed by atoms with Gasteiger partial charge in [0.05, 0.1) is 0 Å². The van der Waals surface area contributed by atoms with E-state index < -0.39 is 7.92 Å². The molecule has 0 amide bonds. The first-order valence-electron chi connectivity index (χ1n) is 14.6. The van der Waals surface area contributed by atoms with E-state index in [4.69, 9.17) is 0 Å². The van der Waals surface area contributed by atoms with Crippen LogP contribution in [0.2, 0.25) is 0 Å². The van der Waals surface area contributed by atoms with E-state index in [1.165, 1.54) is 43.7 Å². The molecule has 0 aliphatic rings. The van der Waals surface area contributed by atoms with Crippen LogP contribution in [0.5, 0.6) is 0 Å². The Bertz CT molecular complexity index is 1150. The first-order chi connectivity index (χ1) is 17.7. The van der Waals surface area contributed by atoms with Gasteiger partial charge in [0, 0.05) is 6.04 Å². The highest BCUT2D eigenvalue weighted by Gasteiger charge is 2.29. The van der Waals surface area contributed by atoms with Crippen LogP contribution in [0.3, 0.4) is 0 Å². The summed E-state index contributed by atoms with van der Waals surface area (Å²) in [7, 11) is 1.27. The predicted molar refractivity (Wildman–Crippen MR) is 177 cm³/mol. The van der Waals surface area contributed by atoms with Crippen LogP contribution in [0.1, 0.15) is 124 Å². The molecule has 0 saturated heterocycles. The number of rotatable bonds is 5. The topological polar surface area (TPSA) is 12.0 Å². The van der Waals surface area contributed by atoms with Gasteiger partial charge in [-0.2, -0.15) is 0 Å². The molecule has 0 spiro atoms. The summed E-state index contributed by atoms with van der Waals surface area (Å²) in [4.78, 5) is 0. The predicted octanol–water partition coefficient (Wildman–Crippen LogP) is 8.92. The second-order valence-electron chi connectivity index (χ2n) is 15.4. The van der Waals surface area contributed by atoms with Crippen molar-refractivity contribution in [1.82, 2.24) is 5.32 Å². The van der Waals surface area contributed by atoms with Crippen LogP contribution >= 0.6 is 7.92 Å². The van der Waals surface area contributed by atoms with E-state index in [9.17, 15) is 0 Å². The number of hydrogen-bond donors (Lipinski definition) is 1. The molecule has 0 unspecified atom stereocenters. The van der Waals surface area contributed by atoms with Gasteiger partial charge >= 0.3 is 0 Å². The quantitative estimate of drug-likeness (QED) is 0.317. The molecule has 3 aromatic rings. The summed E-state index contributed by atoms with van der Waals surface area (Å²) in [6, 6.07) is 24.4. The van der Waals surface area contributed by atoms with Crippen LogP contribution in [0.25, 0.3) is 0 Å². The van der Waals surface area contributed by atoms with Gasteiger partial charge in [-0.1, -0.05) is 144 Å². The molecule has 0 aliphatic carbocycles. The Morgan fingerprint density at radius 1 is 0.538 bits per heavy atom. The van der Waals surface area contributed by atoms with Gasteiger partial charge < -0.3 is 5.32 Å². The maximum absolute atomic E-state index is 3.53. The highest BCUT2D eigenvalue weighted by atomic mass is 31.1. The molecule has 0 saturated carbocycles. The van der Waals surface area contributed by atoms with Crippen molar-refractivity contribution in [2.24, 2.45) is 0 Å². The fourth-order valence-electron chi connectivity index (χ4n) is 4.85. The fourth-order valence-corrected chi connectivity index (χ4v) is 7.54. The highest BCUT2D eigenvalue weighted by Crippen LogP contribution is 2.41. The zero-order valence-corrected chi connectivity index (χ0v) is 28.2. The minimum absolute atomic E-state index is 0.0681. The van der Waals surface area contributed by atoms with E-state index in [-0.39, 0.29) is 27.7 Å². The van der Waals surface area contributed by atoms with Gasteiger partial charge in [0.25, 0.3) is 0 Å². The van der Waals surface area contributed by atoms with E-state index in [1.54, 1.807) is 0 Å². The first kappa shape index (κ1) is 31.6. The fraction of sp³-hybridized carbons (Fsp3) is 0.514. The largest absolute Gasteiger partial charge is 0.313 e. The van der Waals surface area contributed by atoms with Gasteiger partial charge in [-0.05, 0) is 87.3 Å². The van der Waals surface area contributed by atoms with E-state index in [0.29, 0.717) is 0 Å². The zero-order chi connectivity index (χ0) is 29.6. The van der Waals surface area contributed by atoms with Crippen molar-refractivity contribution < 1.29 is 0 Å². The molecule has 0 radical (unpaired) electrons. The number of hydrogen-bond acceptors (Lipinski definition) is 1. The molecule has 3 aromatic carbocycles. The maximum atomic E-state index is 3.53. The minimum atomic E-state index is -0.798. The van der Waals surface area contributed by atoms with Gasteiger partial charge in [-0.3, -0.25) is 0 Å². The van der Waals surface area contributed by atoms with Crippen molar-refractivity contribution in [3.05, 3.63) is 88.5 Å². The standard InChI is InChI=1S/C37H54NP/c1-25(38-14)32-17-15-16-18-33(32)39(30-21-26(34(2,3)4)19-27(22-30)35(5,6)7)31-23-28(36(8,9)10)20-29(24-31)37(11,12)13/h15-25,38H,1-14H3/t25-/m0/s1. The molecular formula is C37H54NP. The average Bonchev–Trinajstić information content (AvgIpc) is 2.81. The van der Waals surface area contributed by atoms with Gasteiger partial charge in [-0.25, -0.2) is 0 Å². The Kier molecular flexibility index (Phi) is 9.02. The van der Waals surface area contributed by atoms with Gasteiger partial charge in [0.1, 0.15) is 0 Å². The van der Waals surface area contributed by atoms with E-state index in [0.717, 1.165) is 0 Å². The Hall–Kier alpha value is -1.95. The van der Waals surface area contributed by atoms with Crippen LogP contribution in [-0.4, -0.2) is 7.05 Å². The Labute approximate surface area is 242 Å². The molecule has 0 bridgehead atoms. The van der Waals surface area contributed by atoms with Crippen molar-refractivity contribution in [2.75, 3.05) is 7.05 Å². The van der Waals surface area contributed by atoms with Crippen molar-refractivity contribution in [1.29, 1.82) is 0 Å². The second-order valence-corrected chi connectivity index (χ2v) is 17.6. The highest BCUT2D eigenvalue weighted by molar-refractivity contribution is 7.80. The number of benzene rings is 3. The molecule has 3 rings (SSSR count). The molecule has 1 nitrogen and oxygen atoms in total. The molecule has 0 aliphatic heterocycles. The molecule has 1 N–H and O–H groups in total. The summed E-state index contributed by atoms with van der Waals surface area (Å²) in [5, 5.41) is 7.88. The average molecular weight is 544 g/mol. The molecule has 2 heteroatoms. The number of nitrogens with one attached hydrogen (secondary N) is 1. The third kappa shape index (κ3) is 7.42. The third-order valence-corrected chi connectivity index (χ3v) is 10.3. The smallest absolute Gasteiger partial charge is 0.0295 e. The second kappa shape index (κ2) is 11.1. The van der Waals surface area contributed by atoms with E-state index in [2.05, 4.69) is 163 Å². The molecule has 212 valence electrons. The zero-order valence-electron chi connectivity index (χ0n) is 27.3. The summed E-state index contributed by atoms with van der Waals surface area (Å²) < 4.78 is 0. The monoisotopic (exact) mass is 543 g/mol. The Balaban J connectivity index is 2.51. The lowest BCUT2D eigenvalue weighted by Crippen LogP contribution is -2.30. The summed E-state index contributed by atoms with van der Waals surface area (Å²) in [6.07, 6.45) is 0. The third-order valence-electron chi connectivity index (χ3n) is 7.89.